The number of benzene rings is 1. The van der Waals surface area contributed by atoms with E-state index in [1.807, 2.05) is 0 Å². The first-order chi connectivity index (χ1) is 8.52. The summed E-state index contributed by atoms with van der Waals surface area (Å²) in [7, 11) is 3.87. The zero-order chi connectivity index (χ0) is 13.5. The largest absolute Gasteiger partial charge is 0.383 e. The number of hydrogen-bond acceptors (Lipinski definition) is 2. The maximum absolute atomic E-state index is 5.12. The Hall–Kier alpha value is -0.380. The van der Waals surface area contributed by atoms with Gasteiger partial charge in [0.15, 0.2) is 0 Å². The van der Waals surface area contributed by atoms with E-state index in [0.29, 0.717) is 10.7 Å². The highest BCUT2D eigenvalue weighted by molar-refractivity contribution is 9.09. The molecule has 18 heavy (non-hydrogen) atoms. The lowest BCUT2D eigenvalue weighted by Crippen LogP contribution is -2.28. The molecule has 0 aliphatic heterocycles. The van der Waals surface area contributed by atoms with Gasteiger partial charge in [0.2, 0.25) is 0 Å². The molecule has 0 radical (unpaired) electrons. The molecule has 1 aromatic rings. The molecule has 0 heterocycles. The summed E-state index contributed by atoms with van der Waals surface area (Å²) in [4.78, 5) is 2.70. The van der Waals surface area contributed by atoms with Crippen LogP contribution in [-0.2, 0) is 11.3 Å². The van der Waals surface area contributed by atoms with Gasteiger partial charge in [-0.25, -0.2) is 0 Å². The molecule has 1 aromatic carbocycles. The van der Waals surface area contributed by atoms with E-state index in [4.69, 9.17) is 4.74 Å². The first kappa shape index (κ1) is 15.7. The smallest absolute Gasteiger partial charge is 0.0600 e. The highest BCUT2D eigenvalue weighted by atomic mass is 79.9. The van der Waals surface area contributed by atoms with Crippen molar-refractivity contribution >= 4 is 15.9 Å². The maximum atomic E-state index is 5.12. The summed E-state index contributed by atoms with van der Waals surface area (Å²) >= 11 is 3.62. The molecule has 0 saturated carbocycles. The molecule has 102 valence electrons. The summed E-state index contributed by atoms with van der Waals surface area (Å²) in [6.45, 7) is 7.16. The quantitative estimate of drug-likeness (QED) is 0.712. The van der Waals surface area contributed by atoms with Crippen LogP contribution in [0.2, 0.25) is 0 Å². The van der Waals surface area contributed by atoms with E-state index in [-0.39, 0.29) is 0 Å². The Labute approximate surface area is 119 Å². The average molecular weight is 314 g/mol. The van der Waals surface area contributed by atoms with Crippen molar-refractivity contribution in [3.63, 3.8) is 0 Å². The molecule has 2 nitrogen and oxygen atoms in total. The van der Waals surface area contributed by atoms with Crippen LogP contribution < -0.4 is 0 Å². The topological polar surface area (TPSA) is 12.5 Å². The lowest BCUT2D eigenvalue weighted by Gasteiger charge is -2.20. The second-order valence-electron chi connectivity index (χ2n) is 5.15. The van der Waals surface area contributed by atoms with Crippen LogP contribution >= 0.6 is 15.9 Å². The van der Waals surface area contributed by atoms with Crippen molar-refractivity contribution in [2.45, 2.75) is 31.1 Å². The highest BCUT2D eigenvalue weighted by Crippen LogP contribution is 2.15. The van der Waals surface area contributed by atoms with Gasteiger partial charge in [-0.15, -0.1) is 0 Å². The third-order valence-corrected chi connectivity index (χ3v) is 3.51. The van der Waals surface area contributed by atoms with Crippen molar-refractivity contribution in [3.8, 4) is 0 Å². The van der Waals surface area contributed by atoms with Gasteiger partial charge in [-0.05, 0) is 24.1 Å². The van der Waals surface area contributed by atoms with Crippen LogP contribution in [0.4, 0.5) is 0 Å². The van der Waals surface area contributed by atoms with Gasteiger partial charge >= 0.3 is 0 Å². The Morgan fingerprint density at radius 1 is 1.22 bits per heavy atom. The SMILES string of the molecule is COCC(Br)CN(C)Cc1ccc(C(C)C)cc1. The summed E-state index contributed by atoms with van der Waals surface area (Å²) in [5, 5.41) is 0. The molecule has 0 N–H and O–H groups in total. The summed E-state index contributed by atoms with van der Waals surface area (Å²) in [5.74, 6) is 0.602. The molecule has 1 atom stereocenters. The summed E-state index contributed by atoms with van der Waals surface area (Å²) < 4.78 is 5.12. The molecule has 1 unspecified atom stereocenters. The van der Waals surface area contributed by atoms with E-state index >= 15 is 0 Å². The minimum absolute atomic E-state index is 0.391. The van der Waals surface area contributed by atoms with Crippen LogP contribution in [0.3, 0.4) is 0 Å². The molecule has 0 bridgehead atoms. The molecule has 0 amide bonds. The van der Waals surface area contributed by atoms with Crippen molar-refractivity contribution in [1.29, 1.82) is 0 Å². The van der Waals surface area contributed by atoms with Crippen molar-refractivity contribution in [3.05, 3.63) is 35.4 Å². The molecule has 0 aromatic heterocycles. The van der Waals surface area contributed by atoms with E-state index in [1.165, 1.54) is 11.1 Å². The van der Waals surface area contributed by atoms with Crippen LogP contribution in [-0.4, -0.2) is 37.0 Å². The number of hydrogen-bond donors (Lipinski definition) is 0. The number of rotatable bonds is 7. The minimum atomic E-state index is 0.391. The molecule has 0 fully saturated rings. The van der Waals surface area contributed by atoms with E-state index in [2.05, 4.69) is 66.0 Å². The van der Waals surface area contributed by atoms with E-state index in [9.17, 15) is 0 Å². The van der Waals surface area contributed by atoms with Crippen LogP contribution in [0.1, 0.15) is 30.9 Å². The zero-order valence-electron chi connectivity index (χ0n) is 11.8. The molecule has 0 aliphatic carbocycles. The second kappa shape index (κ2) is 7.93. The van der Waals surface area contributed by atoms with Gasteiger partial charge in [-0.1, -0.05) is 54.0 Å². The van der Waals surface area contributed by atoms with Gasteiger partial charge in [0, 0.05) is 20.2 Å². The van der Waals surface area contributed by atoms with Gasteiger partial charge in [0.25, 0.3) is 0 Å². The van der Waals surface area contributed by atoms with Crippen molar-refractivity contribution in [1.82, 2.24) is 4.90 Å². The fourth-order valence-electron chi connectivity index (χ4n) is 1.96. The fraction of sp³-hybridized carbons (Fsp3) is 0.600. The standard InChI is InChI=1S/C15H24BrNO/c1-12(2)14-7-5-13(6-8-14)9-17(3)10-15(16)11-18-4/h5-8,12,15H,9-11H2,1-4H3. The lowest BCUT2D eigenvalue weighted by molar-refractivity contribution is 0.185. The zero-order valence-corrected chi connectivity index (χ0v) is 13.4. The Morgan fingerprint density at radius 2 is 1.83 bits per heavy atom. The third-order valence-electron chi connectivity index (χ3n) is 2.96. The Kier molecular flexibility index (Phi) is 6.90. The fourth-order valence-corrected chi connectivity index (χ4v) is 2.71. The molecule has 3 heteroatoms. The first-order valence-electron chi connectivity index (χ1n) is 6.43. The number of nitrogens with zero attached hydrogens (tertiary/aromatic N) is 1. The van der Waals surface area contributed by atoms with Crippen LogP contribution in [0.15, 0.2) is 24.3 Å². The summed E-state index contributed by atoms with van der Waals surface area (Å²) in [6, 6.07) is 8.92. The second-order valence-corrected chi connectivity index (χ2v) is 6.44. The predicted molar refractivity (Wildman–Crippen MR) is 81.5 cm³/mol. The van der Waals surface area contributed by atoms with Gasteiger partial charge in [-0.2, -0.15) is 0 Å². The number of alkyl halides is 1. The predicted octanol–water partition coefficient (Wildman–Crippen LogP) is 3.65. The van der Waals surface area contributed by atoms with Crippen molar-refractivity contribution in [2.24, 2.45) is 0 Å². The number of methoxy groups -OCH3 is 1. The van der Waals surface area contributed by atoms with Crippen molar-refractivity contribution in [2.75, 3.05) is 27.3 Å². The number of halogens is 1. The van der Waals surface area contributed by atoms with Crippen LogP contribution in [0.5, 0.6) is 0 Å². The molecular weight excluding hydrogens is 290 g/mol. The Morgan fingerprint density at radius 3 is 2.33 bits per heavy atom. The van der Waals surface area contributed by atoms with Gasteiger partial charge in [0.05, 0.1) is 11.4 Å². The number of ether oxygens (including phenoxy) is 1. The molecule has 0 spiro atoms. The van der Waals surface area contributed by atoms with Gasteiger partial charge in [0.1, 0.15) is 0 Å². The summed E-state index contributed by atoms with van der Waals surface area (Å²) in [6.07, 6.45) is 0. The van der Waals surface area contributed by atoms with Crippen LogP contribution in [0, 0.1) is 0 Å². The third kappa shape index (κ3) is 5.51. The van der Waals surface area contributed by atoms with E-state index in [1.54, 1.807) is 7.11 Å². The average Bonchev–Trinajstić information content (AvgIpc) is 2.29. The van der Waals surface area contributed by atoms with E-state index < -0.39 is 0 Å². The maximum Gasteiger partial charge on any atom is 0.0600 e. The summed E-state index contributed by atoms with van der Waals surface area (Å²) in [5.41, 5.74) is 2.76. The highest BCUT2D eigenvalue weighted by Gasteiger charge is 2.08. The molecule has 0 saturated heterocycles. The molecular formula is C15H24BrNO. The molecule has 0 aliphatic rings. The lowest BCUT2D eigenvalue weighted by atomic mass is 10.0. The van der Waals surface area contributed by atoms with Crippen LogP contribution in [0.25, 0.3) is 0 Å². The van der Waals surface area contributed by atoms with Gasteiger partial charge < -0.3 is 9.64 Å². The Balaban J connectivity index is 2.46. The van der Waals surface area contributed by atoms with E-state index in [0.717, 1.165) is 19.7 Å². The molecule has 1 rings (SSSR count). The van der Waals surface area contributed by atoms with Gasteiger partial charge in [-0.3, -0.25) is 0 Å². The minimum Gasteiger partial charge on any atom is -0.383 e. The van der Waals surface area contributed by atoms with Crippen molar-refractivity contribution < 1.29 is 4.74 Å². The Bertz CT molecular complexity index is 337. The normalized spacial score (nSPS) is 13.3. The first-order valence-corrected chi connectivity index (χ1v) is 7.35. The monoisotopic (exact) mass is 313 g/mol.